The Hall–Kier alpha value is -2.94. The van der Waals surface area contributed by atoms with Crippen LogP contribution in [0, 0.1) is 12.7 Å². The van der Waals surface area contributed by atoms with Gasteiger partial charge in [0.05, 0.1) is 23.0 Å². The Morgan fingerprint density at radius 1 is 1.38 bits per heavy atom. The van der Waals surface area contributed by atoms with Crippen LogP contribution in [0.1, 0.15) is 31.5 Å². The normalized spacial score (nSPS) is 18.3. The Balaban J connectivity index is 2.10. The minimum absolute atomic E-state index is 0.00121. The van der Waals surface area contributed by atoms with Gasteiger partial charge in [0.1, 0.15) is 5.82 Å². The topological polar surface area (TPSA) is 91.9 Å². The predicted molar refractivity (Wildman–Crippen MR) is 104 cm³/mol. The molecular weight excluding hydrogens is 405 g/mol. The summed E-state index contributed by atoms with van der Waals surface area (Å²) >= 11 is 6.18. The van der Waals surface area contributed by atoms with Crippen LogP contribution in [-0.4, -0.2) is 33.0 Å². The molecule has 10 heteroatoms. The smallest absolute Gasteiger partial charge is 0.353 e. The molecule has 2 aromatic rings. The molecule has 0 saturated heterocycles. The highest BCUT2D eigenvalue weighted by Gasteiger charge is 2.44. The fraction of sp³-hybridized carbons (Fsp3) is 0.368. The number of rotatable bonds is 4. The lowest BCUT2D eigenvalue weighted by Crippen LogP contribution is -2.39. The van der Waals surface area contributed by atoms with E-state index in [4.69, 9.17) is 21.2 Å². The molecule has 8 nitrogen and oxygen atoms in total. The third-order valence-electron chi connectivity index (χ3n) is 4.72. The number of ether oxygens (including phenoxy) is 1. The summed E-state index contributed by atoms with van der Waals surface area (Å²) in [6.45, 7) is 4.95. The van der Waals surface area contributed by atoms with E-state index in [9.17, 15) is 18.8 Å². The van der Waals surface area contributed by atoms with Crippen molar-refractivity contribution in [2.45, 2.75) is 32.8 Å². The summed E-state index contributed by atoms with van der Waals surface area (Å²) in [5, 5.41) is 3.90. The SMILES string of the molecule is CCOC(=O)[C@]1(C)CC(c2cc(-n3c(=O)cc(C)n(C)c3=O)c(F)cc2Cl)=NO1. The monoisotopic (exact) mass is 423 g/mol. The minimum Gasteiger partial charge on any atom is -0.463 e. The van der Waals surface area contributed by atoms with Crippen LogP contribution < -0.4 is 11.2 Å². The van der Waals surface area contributed by atoms with Crippen molar-refractivity contribution in [1.29, 1.82) is 0 Å². The van der Waals surface area contributed by atoms with Gasteiger partial charge in [-0.15, -0.1) is 0 Å². The molecule has 1 atom stereocenters. The van der Waals surface area contributed by atoms with Gasteiger partial charge in [-0.25, -0.2) is 18.5 Å². The van der Waals surface area contributed by atoms with Crippen molar-refractivity contribution in [3.8, 4) is 5.69 Å². The van der Waals surface area contributed by atoms with E-state index in [1.165, 1.54) is 30.7 Å². The van der Waals surface area contributed by atoms with E-state index in [-0.39, 0.29) is 35.0 Å². The summed E-state index contributed by atoms with van der Waals surface area (Å²) in [7, 11) is 1.47. The van der Waals surface area contributed by atoms with E-state index in [0.29, 0.717) is 10.3 Å². The molecule has 0 N–H and O–H groups in total. The number of oxime groups is 1. The standard InChI is InChI=1S/C19H19ClFN3O5/c1-5-28-17(26)19(3)9-14(22-29-19)11-7-15(13(21)8-12(11)20)24-16(25)6-10(2)23(4)18(24)27/h6-8H,5,9H2,1-4H3/t19-/m0/s1. The Labute approximate surface area is 170 Å². The van der Waals surface area contributed by atoms with Crippen LogP contribution in [0.15, 0.2) is 32.9 Å². The number of nitrogens with zero attached hydrogens (tertiary/aromatic N) is 3. The molecule has 0 radical (unpaired) electrons. The maximum absolute atomic E-state index is 14.6. The molecule has 1 aromatic carbocycles. The Morgan fingerprint density at radius 3 is 2.72 bits per heavy atom. The Morgan fingerprint density at radius 2 is 2.07 bits per heavy atom. The van der Waals surface area contributed by atoms with Gasteiger partial charge >= 0.3 is 11.7 Å². The summed E-state index contributed by atoms with van der Waals surface area (Å²) < 4.78 is 21.6. The van der Waals surface area contributed by atoms with E-state index >= 15 is 0 Å². The number of hydrogen-bond acceptors (Lipinski definition) is 6. The molecule has 1 aliphatic rings. The lowest BCUT2D eigenvalue weighted by molar-refractivity contribution is -0.166. The molecule has 0 fully saturated rings. The molecule has 0 amide bonds. The molecule has 154 valence electrons. The van der Waals surface area contributed by atoms with Crippen molar-refractivity contribution < 1.29 is 18.8 Å². The lowest BCUT2D eigenvalue weighted by atomic mass is 9.95. The molecule has 29 heavy (non-hydrogen) atoms. The van der Waals surface area contributed by atoms with Crippen LogP contribution in [0.3, 0.4) is 0 Å². The first-order valence-corrected chi connectivity index (χ1v) is 9.18. The van der Waals surface area contributed by atoms with Gasteiger partial charge in [-0.2, -0.15) is 0 Å². The van der Waals surface area contributed by atoms with Gasteiger partial charge in [0.2, 0.25) is 5.60 Å². The molecule has 0 unspecified atom stereocenters. The first kappa shape index (κ1) is 20.8. The van der Waals surface area contributed by atoms with Gasteiger partial charge in [-0.05, 0) is 32.9 Å². The molecule has 0 saturated carbocycles. The van der Waals surface area contributed by atoms with E-state index < -0.39 is 28.6 Å². The second-order valence-electron chi connectivity index (χ2n) is 6.84. The number of halogens is 2. The van der Waals surface area contributed by atoms with Gasteiger partial charge in [0.15, 0.2) is 0 Å². The first-order valence-electron chi connectivity index (χ1n) is 8.80. The third kappa shape index (κ3) is 3.57. The molecule has 3 rings (SSSR count). The average molecular weight is 424 g/mol. The number of aromatic nitrogens is 2. The number of carbonyl (C=O) groups excluding carboxylic acids is 1. The minimum atomic E-state index is -1.35. The molecule has 0 aliphatic carbocycles. The summed E-state index contributed by atoms with van der Waals surface area (Å²) in [4.78, 5) is 42.3. The maximum atomic E-state index is 14.6. The number of carbonyl (C=O) groups is 1. The zero-order chi connectivity index (χ0) is 21.5. The van der Waals surface area contributed by atoms with Crippen molar-refractivity contribution >= 4 is 23.3 Å². The van der Waals surface area contributed by atoms with Crippen LogP contribution in [0.25, 0.3) is 5.69 Å². The summed E-state index contributed by atoms with van der Waals surface area (Å²) in [5.41, 5.74) is -2.07. The molecule has 1 aliphatic heterocycles. The molecule has 2 heterocycles. The lowest BCUT2D eigenvalue weighted by Gasteiger charge is -2.18. The van der Waals surface area contributed by atoms with Crippen LogP contribution in [-0.2, 0) is 21.4 Å². The maximum Gasteiger partial charge on any atom is 0.353 e. The van der Waals surface area contributed by atoms with E-state index in [1.54, 1.807) is 13.8 Å². The number of hydrogen-bond donors (Lipinski definition) is 0. The van der Waals surface area contributed by atoms with E-state index in [0.717, 1.165) is 6.07 Å². The van der Waals surface area contributed by atoms with Crippen molar-refractivity contribution in [1.82, 2.24) is 9.13 Å². The van der Waals surface area contributed by atoms with Crippen molar-refractivity contribution in [3.63, 3.8) is 0 Å². The molecule has 1 aromatic heterocycles. The van der Waals surface area contributed by atoms with Crippen molar-refractivity contribution in [2.24, 2.45) is 12.2 Å². The number of aryl methyl sites for hydroxylation is 1. The second kappa shape index (κ2) is 7.47. The molecule has 0 bridgehead atoms. The average Bonchev–Trinajstić information content (AvgIpc) is 3.05. The summed E-state index contributed by atoms with van der Waals surface area (Å²) in [6, 6.07) is 3.46. The first-order chi connectivity index (χ1) is 13.6. The van der Waals surface area contributed by atoms with E-state index in [1.807, 2.05) is 0 Å². The van der Waals surface area contributed by atoms with Crippen LogP contribution in [0.2, 0.25) is 5.02 Å². The van der Waals surface area contributed by atoms with Gasteiger partial charge < -0.3 is 14.1 Å². The summed E-state index contributed by atoms with van der Waals surface area (Å²) in [6.07, 6.45) is 0.0252. The highest BCUT2D eigenvalue weighted by Crippen LogP contribution is 2.32. The highest BCUT2D eigenvalue weighted by atomic mass is 35.5. The zero-order valence-electron chi connectivity index (χ0n) is 16.3. The van der Waals surface area contributed by atoms with Crippen LogP contribution in [0.4, 0.5) is 4.39 Å². The molecule has 0 spiro atoms. The van der Waals surface area contributed by atoms with Crippen LogP contribution >= 0.6 is 11.6 Å². The van der Waals surface area contributed by atoms with E-state index in [2.05, 4.69) is 5.16 Å². The Bertz CT molecular complexity index is 1150. The number of esters is 1. The second-order valence-corrected chi connectivity index (χ2v) is 7.25. The van der Waals surface area contributed by atoms with Crippen LogP contribution in [0.5, 0.6) is 0 Å². The predicted octanol–water partition coefficient (Wildman–Crippen LogP) is 2.08. The summed E-state index contributed by atoms with van der Waals surface area (Å²) in [5.74, 6) is -1.45. The van der Waals surface area contributed by atoms with Gasteiger partial charge in [0, 0.05) is 30.8 Å². The fourth-order valence-corrected chi connectivity index (χ4v) is 3.22. The quantitative estimate of drug-likeness (QED) is 0.702. The van der Waals surface area contributed by atoms with Gasteiger partial charge in [-0.3, -0.25) is 4.79 Å². The highest BCUT2D eigenvalue weighted by molar-refractivity contribution is 6.34. The largest absolute Gasteiger partial charge is 0.463 e. The van der Waals surface area contributed by atoms with Crippen molar-refractivity contribution in [2.75, 3.05) is 6.61 Å². The Kier molecular flexibility index (Phi) is 5.36. The third-order valence-corrected chi connectivity index (χ3v) is 5.03. The van der Waals surface area contributed by atoms with Gasteiger partial charge in [-0.1, -0.05) is 16.8 Å². The number of benzene rings is 1. The van der Waals surface area contributed by atoms with Gasteiger partial charge in [0.25, 0.3) is 5.56 Å². The van der Waals surface area contributed by atoms with Crippen molar-refractivity contribution in [3.05, 3.63) is 61.1 Å². The molecular formula is C19H19ClFN3O5. The zero-order valence-corrected chi connectivity index (χ0v) is 17.0. The fourth-order valence-electron chi connectivity index (χ4n) is 2.96.